The Balaban J connectivity index is 1.89. The van der Waals surface area contributed by atoms with Gasteiger partial charge in [-0.05, 0) is 51.2 Å². The lowest BCUT2D eigenvalue weighted by Gasteiger charge is -2.33. The van der Waals surface area contributed by atoms with Gasteiger partial charge in [-0.1, -0.05) is 6.58 Å². The number of ether oxygens (including phenoxy) is 2. The molecule has 0 radical (unpaired) electrons. The fourth-order valence-corrected chi connectivity index (χ4v) is 3.76. The predicted molar refractivity (Wildman–Crippen MR) is 113 cm³/mol. The molecule has 1 atom stereocenters. The standard InChI is InChI=1S/C22H30F2N4O3/c1-14(13-30-5)16-10-18-26-17(12-28(18)25-11-16)19(27-20(29)31-21(2,3)4)15-6-8-22(23,24)9-7-15/h10-12,15,19H,1,6-9,13H2,2-5H3,(H,27,29). The van der Waals surface area contributed by atoms with Gasteiger partial charge in [-0.15, -0.1) is 0 Å². The number of methoxy groups -OCH3 is 1. The molecule has 0 spiro atoms. The van der Waals surface area contributed by atoms with Crippen LogP contribution in [0.15, 0.2) is 25.0 Å². The molecule has 1 aliphatic carbocycles. The summed E-state index contributed by atoms with van der Waals surface area (Å²) in [5, 5.41) is 7.23. The molecular weight excluding hydrogens is 406 g/mol. The fraction of sp³-hybridized carbons (Fsp3) is 0.591. The van der Waals surface area contributed by atoms with Crippen molar-refractivity contribution in [2.75, 3.05) is 13.7 Å². The molecule has 1 unspecified atom stereocenters. The normalized spacial score (nSPS) is 18.0. The Morgan fingerprint density at radius 2 is 2.06 bits per heavy atom. The second-order valence-corrected chi connectivity index (χ2v) is 9.07. The highest BCUT2D eigenvalue weighted by Crippen LogP contribution is 2.41. The maximum absolute atomic E-state index is 13.7. The number of alkyl carbamates (subject to hydrolysis) is 1. The minimum atomic E-state index is -2.66. The molecule has 0 aromatic carbocycles. The first-order chi connectivity index (χ1) is 14.5. The number of amides is 1. The zero-order valence-corrected chi connectivity index (χ0v) is 18.5. The van der Waals surface area contributed by atoms with Crippen molar-refractivity contribution in [3.05, 3.63) is 36.3 Å². The van der Waals surface area contributed by atoms with Crippen molar-refractivity contribution in [2.24, 2.45) is 5.92 Å². The van der Waals surface area contributed by atoms with E-state index < -0.39 is 23.7 Å². The number of halogens is 2. The molecule has 1 fully saturated rings. The zero-order valence-electron chi connectivity index (χ0n) is 18.5. The summed E-state index contributed by atoms with van der Waals surface area (Å²) in [5.74, 6) is -2.84. The minimum Gasteiger partial charge on any atom is -0.444 e. The average molecular weight is 437 g/mol. The van der Waals surface area contributed by atoms with Gasteiger partial charge in [-0.3, -0.25) is 0 Å². The molecule has 2 heterocycles. The molecule has 170 valence electrons. The highest BCUT2D eigenvalue weighted by Gasteiger charge is 2.39. The maximum Gasteiger partial charge on any atom is 0.408 e. The van der Waals surface area contributed by atoms with E-state index in [0.29, 0.717) is 17.9 Å². The van der Waals surface area contributed by atoms with Crippen LogP contribution in [0.25, 0.3) is 11.2 Å². The number of nitrogens with zero attached hydrogens (tertiary/aromatic N) is 3. The van der Waals surface area contributed by atoms with E-state index in [1.165, 1.54) is 0 Å². The van der Waals surface area contributed by atoms with Gasteiger partial charge in [0.05, 0.1) is 30.7 Å². The SMILES string of the molecule is C=C(COC)c1cnn2cc(C(NC(=O)OC(C)(C)C)C3CCC(F)(F)CC3)nc2c1. The molecule has 1 N–H and O–H groups in total. The first-order valence-electron chi connectivity index (χ1n) is 10.4. The van der Waals surface area contributed by atoms with Gasteiger partial charge in [0, 0.05) is 25.5 Å². The number of nitrogens with one attached hydrogen (secondary N) is 1. The number of rotatable bonds is 6. The fourth-order valence-electron chi connectivity index (χ4n) is 3.76. The maximum atomic E-state index is 13.7. The van der Waals surface area contributed by atoms with E-state index in [1.807, 2.05) is 6.07 Å². The minimum absolute atomic E-state index is 0.181. The number of hydrogen-bond acceptors (Lipinski definition) is 5. The number of hydrogen-bond donors (Lipinski definition) is 1. The van der Waals surface area contributed by atoms with E-state index in [2.05, 4.69) is 22.0 Å². The van der Waals surface area contributed by atoms with Crippen LogP contribution >= 0.6 is 0 Å². The lowest BCUT2D eigenvalue weighted by molar-refractivity contribution is -0.0500. The van der Waals surface area contributed by atoms with Crippen LogP contribution in [0.5, 0.6) is 0 Å². The van der Waals surface area contributed by atoms with Crippen molar-refractivity contribution in [1.82, 2.24) is 19.9 Å². The van der Waals surface area contributed by atoms with Crippen LogP contribution in [0.3, 0.4) is 0 Å². The van der Waals surface area contributed by atoms with Gasteiger partial charge in [-0.2, -0.15) is 5.10 Å². The van der Waals surface area contributed by atoms with Gasteiger partial charge in [0.2, 0.25) is 5.92 Å². The third-order valence-electron chi connectivity index (χ3n) is 5.29. The number of aromatic nitrogens is 3. The van der Waals surface area contributed by atoms with Gasteiger partial charge in [0.15, 0.2) is 5.65 Å². The molecule has 1 amide bonds. The van der Waals surface area contributed by atoms with Crippen LogP contribution in [-0.2, 0) is 9.47 Å². The van der Waals surface area contributed by atoms with Crippen molar-refractivity contribution in [2.45, 2.75) is 64.0 Å². The van der Waals surface area contributed by atoms with Crippen LogP contribution in [0.2, 0.25) is 0 Å². The van der Waals surface area contributed by atoms with Crippen LogP contribution < -0.4 is 5.32 Å². The van der Waals surface area contributed by atoms with E-state index in [0.717, 1.165) is 11.1 Å². The van der Waals surface area contributed by atoms with E-state index in [9.17, 15) is 13.6 Å². The van der Waals surface area contributed by atoms with Crippen molar-refractivity contribution >= 4 is 17.3 Å². The average Bonchev–Trinajstić information content (AvgIpc) is 3.08. The second-order valence-electron chi connectivity index (χ2n) is 9.07. The summed E-state index contributed by atoms with van der Waals surface area (Å²) < 4.78 is 39.5. The van der Waals surface area contributed by atoms with E-state index in [1.54, 1.807) is 44.8 Å². The van der Waals surface area contributed by atoms with Gasteiger partial charge >= 0.3 is 6.09 Å². The Labute approximate surface area is 180 Å². The van der Waals surface area contributed by atoms with Crippen LogP contribution in [-0.4, -0.2) is 45.9 Å². The number of carbonyl (C=O) groups is 1. The molecule has 7 nitrogen and oxygen atoms in total. The Morgan fingerprint density at radius 3 is 2.68 bits per heavy atom. The number of fused-ring (bicyclic) bond motifs is 1. The topological polar surface area (TPSA) is 77.8 Å². The second kappa shape index (κ2) is 8.90. The number of imidazole rings is 1. The van der Waals surface area contributed by atoms with Crippen LogP contribution in [0, 0.1) is 5.92 Å². The summed E-state index contributed by atoms with van der Waals surface area (Å²) in [7, 11) is 1.59. The smallest absolute Gasteiger partial charge is 0.408 e. The Morgan fingerprint density at radius 1 is 1.39 bits per heavy atom. The van der Waals surface area contributed by atoms with Gasteiger partial charge < -0.3 is 14.8 Å². The molecule has 3 rings (SSSR count). The van der Waals surface area contributed by atoms with Crippen molar-refractivity contribution < 1.29 is 23.0 Å². The molecule has 2 aromatic rings. The summed E-state index contributed by atoms with van der Waals surface area (Å²) in [6, 6.07) is 1.27. The molecule has 9 heteroatoms. The number of alkyl halides is 2. The highest BCUT2D eigenvalue weighted by atomic mass is 19.3. The molecule has 0 saturated heterocycles. The predicted octanol–water partition coefficient (Wildman–Crippen LogP) is 4.78. The molecule has 0 aliphatic heterocycles. The van der Waals surface area contributed by atoms with Crippen LogP contribution in [0.4, 0.5) is 13.6 Å². The number of carbonyl (C=O) groups excluding carboxylic acids is 1. The van der Waals surface area contributed by atoms with Crippen molar-refractivity contribution in [3.63, 3.8) is 0 Å². The summed E-state index contributed by atoms with van der Waals surface area (Å²) in [6.07, 6.45) is 2.92. The largest absolute Gasteiger partial charge is 0.444 e. The lowest BCUT2D eigenvalue weighted by atomic mass is 9.81. The summed E-state index contributed by atoms with van der Waals surface area (Å²) in [5.41, 5.74) is 2.01. The first-order valence-corrected chi connectivity index (χ1v) is 10.4. The third kappa shape index (κ3) is 6.00. The molecule has 1 saturated carbocycles. The Hall–Kier alpha value is -2.55. The lowest BCUT2D eigenvalue weighted by Crippen LogP contribution is -2.40. The monoisotopic (exact) mass is 436 g/mol. The van der Waals surface area contributed by atoms with Crippen LogP contribution in [0.1, 0.15) is 63.8 Å². The Bertz CT molecular complexity index is 942. The summed E-state index contributed by atoms with van der Waals surface area (Å²) in [6.45, 7) is 9.65. The zero-order chi connectivity index (χ0) is 22.8. The van der Waals surface area contributed by atoms with Gasteiger partial charge in [-0.25, -0.2) is 23.1 Å². The van der Waals surface area contributed by atoms with Crippen molar-refractivity contribution in [1.29, 1.82) is 0 Å². The summed E-state index contributed by atoms with van der Waals surface area (Å²) in [4.78, 5) is 17.1. The molecule has 2 aromatic heterocycles. The van der Waals surface area contributed by atoms with E-state index in [4.69, 9.17) is 9.47 Å². The molecule has 31 heavy (non-hydrogen) atoms. The summed E-state index contributed by atoms with van der Waals surface area (Å²) >= 11 is 0. The highest BCUT2D eigenvalue weighted by molar-refractivity contribution is 5.69. The van der Waals surface area contributed by atoms with E-state index >= 15 is 0 Å². The van der Waals surface area contributed by atoms with Crippen molar-refractivity contribution in [3.8, 4) is 0 Å². The first kappa shape index (κ1) is 23.1. The third-order valence-corrected chi connectivity index (χ3v) is 5.29. The molecule has 1 aliphatic rings. The van der Waals surface area contributed by atoms with E-state index in [-0.39, 0.29) is 31.6 Å². The quantitative estimate of drug-likeness (QED) is 0.705. The molecule has 0 bridgehead atoms. The van der Waals surface area contributed by atoms with Gasteiger partial charge in [0.1, 0.15) is 5.60 Å². The Kier molecular flexibility index (Phi) is 6.64. The molecular formula is C22H30F2N4O3. The van der Waals surface area contributed by atoms with Gasteiger partial charge in [0.25, 0.3) is 0 Å².